The van der Waals surface area contributed by atoms with Gasteiger partial charge in [-0.15, -0.1) is 0 Å². The summed E-state index contributed by atoms with van der Waals surface area (Å²) in [4.78, 5) is 58.6. The molecule has 5 N–H and O–H groups in total. The van der Waals surface area contributed by atoms with Crippen molar-refractivity contribution in [3.8, 4) is 17.1 Å². The zero-order valence-electron chi connectivity index (χ0n) is 27.3. The highest BCUT2D eigenvalue weighted by Crippen LogP contribution is 2.27. The molecule has 266 valence electrons. The molecule has 4 rings (SSSR count). The van der Waals surface area contributed by atoms with Crippen LogP contribution in [-0.4, -0.2) is 80.1 Å². The fourth-order valence-corrected chi connectivity index (χ4v) is 4.39. The van der Waals surface area contributed by atoms with Crippen LogP contribution < -0.4 is 21.3 Å². The second kappa shape index (κ2) is 15.6. The number of aromatic nitrogens is 4. The average molecular weight is 701 g/mol. The van der Waals surface area contributed by atoms with Crippen molar-refractivity contribution in [3.63, 3.8) is 0 Å². The van der Waals surface area contributed by atoms with Gasteiger partial charge in [0.1, 0.15) is 24.2 Å². The maximum Gasteiger partial charge on any atom is 0.416 e. The van der Waals surface area contributed by atoms with E-state index in [0.717, 1.165) is 31.4 Å². The number of carbonyl (C=O) groups excluding carboxylic acids is 4. The number of ether oxygens (including phenoxy) is 1. The lowest BCUT2D eigenvalue weighted by molar-refractivity contribution is -0.119. The number of anilines is 2. The number of primary amides is 1. The number of alkyl halides is 3. The number of carbonyl (C=O) groups is 4. The largest absolute Gasteiger partial charge is 0.444 e. The van der Waals surface area contributed by atoms with E-state index in [-0.39, 0.29) is 41.0 Å². The lowest BCUT2D eigenvalue weighted by Gasteiger charge is -2.27. The van der Waals surface area contributed by atoms with Crippen LogP contribution in [0.1, 0.15) is 71.4 Å². The van der Waals surface area contributed by atoms with Crippen LogP contribution in [-0.2, 0) is 4.74 Å². The molecule has 0 aliphatic heterocycles. The van der Waals surface area contributed by atoms with Crippen molar-refractivity contribution in [2.75, 3.05) is 29.9 Å². The molecule has 0 spiro atoms. The van der Waals surface area contributed by atoms with Crippen LogP contribution >= 0.6 is 0 Å². The summed E-state index contributed by atoms with van der Waals surface area (Å²) in [6.45, 7) is 3.37. The first-order valence-corrected chi connectivity index (χ1v) is 15.2. The van der Waals surface area contributed by atoms with Crippen LogP contribution in [0.2, 0.25) is 0 Å². The third-order valence-electron chi connectivity index (χ3n) is 6.67. The van der Waals surface area contributed by atoms with Gasteiger partial charge in [0, 0.05) is 30.5 Å². The molecule has 1 aromatic carbocycles. The fourth-order valence-electron chi connectivity index (χ4n) is 4.39. The minimum Gasteiger partial charge on any atom is -0.444 e. The van der Waals surface area contributed by atoms with Gasteiger partial charge in [-0.25, -0.2) is 19.4 Å². The minimum absolute atomic E-state index is 0.0666. The van der Waals surface area contributed by atoms with Gasteiger partial charge in [-0.05, 0) is 76.4 Å². The average Bonchev–Trinajstić information content (AvgIpc) is 3.71. The number of amides is 4. The Morgan fingerprint density at radius 1 is 1.04 bits per heavy atom. The number of benzene rings is 1. The normalized spacial score (nSPS) is 11.6. The summed E-state index contributed by atoms with van der Waals surface area (Å²) < 4.78 is 51.9. The van der Waals surface area contributed by atoms with Crippen molar-refractivity contribution in [2.24, 2.45) is 5.73 Å². The molecule has 3 aromatic heterocycles. The summed E-state index contributed by atoms with van der Waals surface area (Å²) >= 11 is 0. The topological polar surface area (TPSA) is 208 Å². The molecule has 0 unspecified atom stereocenters. The van der Waals surface area contributed by atoms with E-state index in [9.17, 15) is 32.3 Å². The molecule has 18 heteroatoms. The molecule has 0 fully saturated rings. The number of nitrogens with two attached hydrogens (primary N) is 1. The fraction of sp³-hybridized carbons (Fsp3) is 0.344. The Kier molecular flexibility index (Phi) is 11.6. The molecule has 0 bridgehead atoms. The van der Waals surface area contributed by atoms with Crippen molar-refractivity contribution in [1.82, 2.24) is 25.1 Å². The molecular formula is C32H35F3N8O7. The Balaban J connectivity index is 1.50. The van der Waals surface area contributed by atoms with E-state index < -0.39 is 42.0 Å². The van der Waals surface area contributed by atoms with E-state index in [1.54, 1.807) is 24.3 Å². The number of nitrogens with zero attached hydrogens (tertiary/aromatic N) is 5. The van der Waals surface area contributed by atoms with Gasteiger partial charge in [-0.3, -0.25) is 19.3 Å². The molecule has 4 amide bonds. The minimum atomic E-state index is -4.78. The summed E-state index contributed by atoms with van der Waals surface area (Å²) in [5.41, 5.74) is 4.70. The van der Waals surface area contributed by atoms with Gasteiger partial charge < -0.3 is 30.6 Å². The molecule has 0 radical (unpaired) electrons. The summed E-state index contributed by atoms with van der Waals surface area (Å²) in [5.74, 6) is -2.66. The Bertz CT molecular complexity index is 1830. The van der Waals surface area contributed by atoms with Gasteiger partial charge in [0.15, 0.2) is 11.4 Å². The number of aliphatic hydroxyl groups is 1. The number of rotatable bonds is 13. The van der Waals surface area contributed by atoms with Crippen LogP contribution in [0.15, 0.2) is 59.5 Å². The lowest BCUT2D eigenvalue weighted by Crippen LogP contribution is -2.42. The van der Waals surface area contributed by atoms with Crippen LogP contribution in [0, 0.1) is 0 Å². The molecule has 0 atom stereocenters. The van der Waals surface area contributed by atoms with Gasteiger partial charge >= 0.3 is 12.3 Å². The van der Waals surface area contributed by atoms with E-state index >= 15 is 0 Å². The van der Waals surface area contributed by atoms with E-state index in [0.29, 0.717) is 29.1 Å². The predicted molar refractivity (Wildman–Crippen MR) is 173 cm³/mol. The lowest BCUT2D eigenvalue weighted by atomic mass is 10.2. The molecule has 50 heavy (non-hydrogen) atoms. The van der Waals surface area contributed by atoms with E-state index in [4.69, 9.17) is 20.0 Å². The monoisotopic (exact) mass is 700 g/mol. The Morgan fingerprint density at radius 2 is 1.76 bits per heavy atom. The SMILES string of the molecule is CC(C)(C)OC(=O)N(CC(F)(F)F)c1cc(-c2nc(C(=O)Nc3cn(-c4ccc(C(=O)NCCCCCO)cc4)nc3C(N)=O)co2)ccn1. The predicted octanol–water partition coefficient (Wildman–Crippen LogP) is 4.47. The number of oxazole rings is 1. The molecule has 0 aliphatic rings. The first kappa shape index (κ1) is 37.0. The number of aliphatic hydroxyl groups excluding tert-OH is 1. The molecule has 0 saturated heterocycles. The second-order valence-corrected chi connectivity index (χ2v) is 11.9. The van der Waals surface area contributed by atoms with Crippen molar-refractivity contribution < 1.29 is 46.6 Å². The number of hydrogen-bond donors (Lipinski definition) is 4. The third-order valence-corrected chi connectivity index (χ3v) is 6.67. The highest BCUT2D eigenvalue weighted by atomic mass is 19.4. The second-order valence-electron chi connectivity index (χ2n) is 11.9. The summed E-state index contributed by atoms with van der Waals surface area (Å²) in [5, 5.41) is 18.3. The van der Waals surface area contributed by atoms with Gasteiger partial charge in [0.25, 0.3) is 17.7 Å². The van der Waals surface area contributed by atoms with Gasteiger partial charge in [0.05, 0.1) is 17.6 Å². The summed E-state index contributed by atoms with van der Waals surface area (Å²) in [7, 11) is 0. The number of pyridine rings is 1. The highest BCUT2D eigenvalue weighted by molar-refractivity contribution is 6.07. The third kappa shape index (κ3) is 10.1. The van der Waals surface area contributed by atoms with Gasteiger partial charge in [0.2, 0.25) is 5.89 Å². The molecular weight excluding hydrogens is 665 g/mol. The first-order valence-electron chi connectivity index (χ1n) is 15.2. The number of hydrogen-bond acceptors (Lipinski definition) is 10. The number of halogens is 3. The van der Waals surface area contributed by atoms with Crippen LogP contribution in [0.5, 0.6) is 0 Å². The molecule has 0 saturated carbocycles. The van der Waals surface area contributed by atoms with E-state index in [1.807, 2.05) is 0 Å². The summed E-state index contributed by atoms with van der Waals surface area (Å²) in [6, 6.07) is 8.73. The van der Waals surface area contributed by atoms with E-state index in [1.165, 1.54) is 37.7 Å². The first-order chi connectivity index (χ1) is 23.5. The number of unbranched alkanes of at least 4 members (excludes halogenated alkanes) is 2. The van der Waals surface area contributed by atoms with Crippen molar-refractivity contribution in [1.29, 1.82) is 0 Å². The van der Waals surface area contributed by atoms with Crippen LogP contribution in [0.4, 0.5) is 29.5 Å². The molecule has 3 heterocycles. The maximum atomic E-state index is 13.4. The van der Waals surface area contributed by atoms with Crippen LogP contribution in [0.3, 0.4) is 0 Å². The molecule has 0 aliphatic carbocycles. The van der Waals surface area contributed by atoms with Gasteiger partial charge in [-0.2, -0.15) is 18.3 Å². The molecule has 15 nitrogen and oxygen atoms in total. The zero-order chi connectivity index (χ0) is 36.6. The Hall–Kier alpha value is -5.78. The quantitative estimate of drug-likeness (QED) is 0.144. The highest BCUT2D eigenvalue weighted by Gasteiger charge is 2.37. The smallest absolute Gasteiger partial charge is 0.416 e. The number of nitrogens with one attached hydrogen (secondary N) is 2. The zero-order valence-corrected chi connectivity index (χ0v) is 27.3. The van der Waals surface area contributed by atoms with Gasteiger partial charge in [-0.1, -0.05) is 0 Å². The van der Waals surface area contributed by atoms with Crippen molar-refractivity contribution in [2.45, 2.75) is 51.8 Å². The maximum absolute atomic E-state index is 13.4. The Morgan fingerprint density at radius 3 is 2.40 bits per heavy atom. The Labute approximate surface area is 283 Å². The molecule has 4 aromatic rings. The van der Waals surface area contributed by atoms with Crippen molar-refractivity contribution >= 4 is 35.3 Å². The summed E-state index contributed by atoms with van der Waals surface area (Å²) in [6.07, 6.45) is -0.442. The standard InChI is InChI=1S/C32H35F3N8O7/c1-31(2,3)50-30(48)42(18-32(33,34)35)24-15-20(11-13-37-24)29-40-23(17-49-29)28(47)39-22-16-43(41-25(22)26(36)45)21-9-7-19(8-10-21)27(46)38-12-5-4-6-14-44/h7-11,13,15-17,44H,4-6,12,14,18H2,1-3H3,(H2,36,45)(H,38,46)(H,39,47). The van der Waals surface area contributed by atoms with Crippen molar-refractivity contribution in [3.05, 3.63) is 72.0 Å². The van der Waals surface area contributed by atoms with Crippen LogP contribution in [0.25, 0.3) is 17.1 Å². The van der Waals surface area contributed by atoms with E-state index in [2.05, 4.69) is 25.7 Å².